The first kappa shape index (κ1) is 23.2. The number of halogens is 3. The summed E-state index contributed by atoms with van der Waals surface area (Å²) in [7, 11) is -0.360. The normalized spacial score (nSPS) is 15.0. The van der Waals surface area contributed by atoms with Crippen LogP contribution in [0.2, 0.25) is 0 Å². The minimum Gasteiger partial charge on any atom is -0.487 e. The lowest BCUT2D eigenvalue weighted by molar-refractivity contribution is -0.283. The molecule has 0 aromatic heterocycles. The highest BCUT2D eigenvalue weighted by Crippen LogP contribution is 2.38. The molecule has 3 aromatic rings. The van der Waals surface area contributed by atoms with Gasteiger partial charge < -0.3 is 9.84 Å². The van der Waals surface area contributed by atoms with Crippen molar-refractivity contribution in [1.82, 2.24) is 0 Å². The fourth-order valence-electron chi connectivity index (χ4n) is 3.38. The molecule has 0 heterocycles. The van der Waals surface area contributed by atoms with Gasteiger partial charge in [0, 0.05) is 0 Å². The summed E-state index contributed by atoms with van der Waals surface area (Å²) in [6.07, 6.45) is -6.23. The van der Waals surface area contributed by atoms with E-state index in [1.54, 1.807) is 26.0 Å². The average Bonchev–Trinajstić information content (AvgIpc) is 2.73. The Balaban J connectivity index is 1.92. The lowest BCUT2D eigenvalue weighted by Crippen LogP contribution is -2.56. The third-order valence-corrected chi connectivity index (χ3v) is 7.24. The topological polar surface area (TPSA) is 29.5 Å². The molecule has 0 bridgehead atoms. The zero-order valence-corrected chi connectivity index (χ0v) is 18.5. The Hall–Kier alpha value is -2.44. The van der Waals surface area contributed by atoms with E-state index in [1.165, 1.54) is 0 Å². The van der Waals surface area contributed by atoms with E-state index in [1.807, 2.05) is 48.5 Å². The Morgan fingerprint density at radius 3 is 1.55 bits per heavy atom. The molecule has 3 aromatic carbocycles. The van der Waals surface area contributed by atoms with Crippen molar-refractivity contribution in [1.29, 1.82) is 0 Å². The molecule has 164 valence electrons. The van der Waals surface area contributed by atoms with E-state index in [9.17, 15) is 18.3 Å². The molecule has 2 atom stereocenters. The second kappa shape index (κ2) is 9.37. The molecule has 0 aliphatic carbocycles. The van der Waals surface area contributed by atoms with E-state index in [-0.39, 0.29) is 16.6 Å². The van der Waals surface area contributed by atoms with Crippen LogP contribution in [0.25, 0.3) is 0 Å². The molecule has 1 N–H and O–H groups in total. The summed E-state index contributed by atoms with van der Waals surface area (Å²) >= 11 is 0. The molecule has 0 radical (unpaired) electrons. The Labute approximate surface area is 184 Å². The highest BCUT2D eigenvalue weighted by atomic mass is 32.2. The van der Waals surface area contributed by atoms with Crippen molar-refractivity contribution in [3.8, 4) is 5.75 Å². The van der Waals surface area contributed by atoms with Crippen molar-refractivity contribution in [2.75, 3.05) is 0 Å². The number of benzene rings is 3. The molecule has 0 amide bonds. The van der Waals surface area contributed by atoms with Gasteiger partial charge in [-0.2, -0.15) is 13.2 Å². The maximum atomic E-state index is 13.4. The molecular formula is C25H26F3O2S+. The van der Waals surface area contributed by atoms with Gasteiger partial charge in [0.1, 0.15) is 11.9 Å². The number of aliphatic hydroxyl groups is 1. The van der Waals surface area contributed by atoms with Crippen LogP contribution in [0.4, 0.5) is 13.2 Å². The first-order valence-corrected chi connectivity index (χ1v) is 11.2. The third kappa shape index (κ3) is 5.25. The van der Waals surface area contributed by atoms with Crippen molar-refractivity contribution >= 4 is 10.9 Å². The average molecular weight is 448 g/mol. The van der Waals surface area contributed by atoms with E-state index >= 15 is 0 Å². The number of hydrogen-bond acceptors (Lipinski definition) is 2. The number of alkyl halides is 3. The Morgan fingerprint density at radius 2 is 1.16 bits per heavy atom. The molecule has 0 saturated carbocycles. The predicted molar refractivity (Wildman–Crippen MR) is 117 cm³/mol. The van der Waals surface area contributed by atoms with Crippen molar-refractivity contribution in [3.05, 3.63) is 84.9 Å². The third-order valence-electron chi connectivity index (χ3n) is 5.01. The van der Waals surface area contributed by atoms with E-state index < -0.39 is 23.8 Å². The van der Waals surface area contributed by atoms with Gasteiger partial charge in [-0.3, -0.25) is 0 Å². The fraction of sp³-hybridized carbons (Fsp3) is 0.280. The first-order valence-electron chi connectivity index (χ1n) is 10.0. The SMILES string of the molecule is CC(C)C(Oc1ccc([S+](c2ccccc2)c2ccccc2)cc1)C(C)(O)C(F)(F)F. The zero-order valence-electron chi connectivity index (χ0n) is 17.6. The van der Waals surface area contributed by atoms with Crippen molar-refractivity contribution in [2.24, 2.45) is 5.92 Å². The zero-order chi connectivity index (χ0) is 22.6. The van der Waals surface area contributed by atoms with Crippen molar-refractivity contribution < 1.29 is 23.0 Å². The van der Waals surface area contributed by atoms with Crippen LogP contribution < -0.4 is 4.74 Å². The van der Waals surface area contributed by atoms with Gasteiger partial charge in [-0.15, -0.1) is 0 Å². The van der Waals surface area contributed by atoms with E-state index in [2.05, 4.69) is 24.3 Å². The van der Waals surface area contributed by atoms with Crippen LogP contribution in [0.3, 0.4) is 0 Å². The van der Waals surface area contributed by atoms with Gasteiger partial charge in [0.15, 0.2) is 20.3 Å². The van der Waals surface area contributed by atoms with Crippen molar-refractivity contribution in [2.45, 2.75) is 53.3 Å². The molecule has 0 aliphatic rings. The van der Waals surface area contributed by atoms with Crippen molar-refractivity contribution in [3.63, 3.8) is 0 Å². The summed E-state index contributed by atoms with van der Waals surface area (Å²) in [5.74, 6) is -0.254. The lowest BCUT2D eigenvalue weighted by atomic mass is 9.89. The van der Waals surface area contributed by atoms with Gasteiger partial charge in [-0.25, -0.2) is 0 Å². The number of hydrogen-bond donors (Lipinski definition) is 1. The molecule has 0 spiro atoms. The van der Waals surface area contributed by atoms with Crippen LogP contribution in [-0.4, -0.2) is 23.0 Å². The lowest BCUT2D eigenvalue weighted by Gasteiger charge is -2.36. The predicted octanol–water partition coefficient (Wildman–Crippen LogP) is 6.50. The summed E-state index contributed by atoms with van der Waals surface area (Å²) in [5, 5.41) is 10.1. The second-order valence-corrected chi connectivity index (χ2v) is 9.86. The summed E-state index contributed by atoms with van der Waals surface area (Å²) in [6, 6.07) is 27.2. The molecular weight excluding hydrogens is 421 g/mol. The molecule has 0 aliphatic heterocycles. The summed E-state index contributed by atoms with van der Waals surface area (Å²) in [4.78, 5) is 3.30. The molecule has 2 unspecified atom stereocenters. The van der Waals surface area contributed by atoms with Crippen LogP contribution in [0.1, 0.15) is 20.8 Å². The van der Waals surface area contributed by atoms with Crippen LogP contribution in [0.15, 0.2) is 99.6 Å². The van der Waals surface area contributed by atoms with E-state index in [0.29, 0.717) is 0 Å². The molecule has 31 heavy (non-hydrogen) atoms. The largest absolute Gasteiger partial charge is 0.487 e. The van der Waals surface area contributed by atoms with Gasteiger partial charge in [-0.1, -0.05) is 50.2 Å². The smallest absolute Gasteiger partial charge is 0.420 e. The molecule has 3 rings (SSSR count). The maximum Gasteiger partial charge on any atom is 0.420 e. The quantitative estimate of drug-likeness (QED) is 0.419. The highest BCUT2D eigenvalue weighted by Gasteiger charge is 2.57. The standard InChI is InChI=1S/C25H26F3O2S/c1-18(2)23(24(3,29)25(26,27)28)30-19-14-16-22(17-15-19)31(20-10-6-4-7-11-20)21-12-8-5-9-13-21/h4-18,23,29H,1-3H3/q+1. The van der Waals surface area contributed by atoms with Gasteiger partial charge in [0.2, 0.25) is 0 Å². The van der Waals surface area contributed by atoms with Gasteiger partial charge >= 0.3 is 6.18 Å². The molecule has 0 saturated heterocycles. The Kier molecular flexibility index (Phi) is 7.02. The van der Waals surface area contributed by atoms with E-state index in [4.69, 9.17) is 4.74 Å². The second-order valence-electron chi connectivity index (χ2n) is 7.83. The fourth-order valence-corrected chi connectivity index (χ4v) is 5.47. The Bertz CT molecular complexity index is 916. The Morgan fingerprint density at radius 1 is 0.742 bits per heavy atom. The first-order chi connectivity index (χ1) is 14.6. The molecule has 2 nitrogen and oxygen atoms in total. The number of ether oxygens (including phenoxy) is 1. The molecule has 6 heteroatoms. The van der Waals surface area contributed by atoms with Crippen LogP contribution in [-0.2, 0) is 10.9 Å². The van der Waals surface area contributed by atoms with Gasteiger partial charge in [-0.05, 0) is 61.4 Å². The number of rotatable bonds is 7. The van der Waals surface area contributed by atoms with Crippen LogP contribution in [0, 0.1) is 5.92 Å². The maximum absolute atomic E-state index is 13.4. The minimum absolute atomic E-state index is 0.289. The summed E-state index contributed by atoms with van der Waals surface area (Å²) in [5.41, 5.74) is -2.96. The minimum atomic E-state index is -4.80. The van der Waals surface area contributed by atoms with E-state index in [0.717, 1.165) is 21.6 Å². The van der Waals surface area contributed by atoms with Gasteiger partial charge in [0.25, 0.3) is 0 Å². The summed E-state index contributed by atoms with van der Waals surface area (Å²) in [6.45, 7) is 3.96. The molecule has 0 fully saturated rings. The van der Waals surface area contributed by atoms with Crippen LogP contribution in [0.5, 0.6) is 5.75 Å². The van der Waals surface area contributed by atoms with Gasteiger partial charge in [0.05, 0.1) is 10.9 Å². The monoisotopic (exact) mass is 447 g/mol. The summed E-state index contributed by atoms with van der Waals surface area (Å²) < 4.78 is 45.7. The highest BCUT2D eigenvalue weighted by molar-refractivity contribution is 7.97. The van der Waals surface area contributed by atoms with Crippen LogP contribution >= 0.6 is 0 Å².